The van der Waals surface area contributed by atoms with Crippen LogP contribution in [0.15, 0.2) is 59.6 Å². The molecule has 2 amide bonds. The lowest BCUT2D eigenvalue weighted by molar-refractivity contribution is -0.130. The van der Waals surface area contributed by atoms with Crippen LogP contribution in [0.2, 0.25) is 0 Å². The summed E-state index contributed by atoms with van der Waals surface area (Å²) < 4.78 is 5.51. The molecule has 2 aromatic carbocycles. The summed E-state index contributed by atoms with van der Waals surface area (Å²) in [5, 5.41) is 0. The molecule has 7 nitrogen and oxygen atoms in total. The average molecular weight is 479 g/mol. The second-order valence-electron chi connectivity index (χ2n) is 10.1. The number of rotatable bonds is 9. The summed E-state index contributed by atoms with van der Waals surface area (Å²) in [6.45, 7) is 8.89. The number of carbonyl (C=O) groups excluding carboxylic acids is 2. The van der Waals surface area contributed by atoms with Crippen LogP contribution in [0.5, 0.6) is 0 Å². The molecule has 0 fully saturated rings. The van der Waals surface area contributed by atoms with E-state index in [1.54, 1.807) is 9.80 Å². The van der Waals surface area contributed by atoms with Crippen molar-refractivity contribution >= 4 is 17.8 Å². The molecule has 0 saturated carbocycles. The van der Waals surface area contributed by atoms with Crippen LogP contribution in [-0.2, 0) is 22.5 Å². The lowest BCUT2D eigenvalue weighted by atomic mass is 10.1. The first-order chi connectivity index (χ1) is 16.6. The molecular weight excluding hydrogens is 440 g/mol. The van der Waals surface area contributed by atoms with Crippen molar-refractivity contribution < 1.29 is 14.3 Å². The van der Waals surface area contributed by atoms with Crippen LogP contribution in [-0.4, -0.2) is 78.4 Å². The minimum Gasteiger partial charge on any atom is -0.443 e. The van der Waals surface area contributed by atoms with E-state index in [-0.39, 0.29) is 12.0 Å². The molecule has 0 radical (unpaired) electrons. The molecule has 0 atom stereocenters. The van der Waals surface area contributed by atoms with E-state index in [1.165, 1.54) is 5.56 Å². The first-order valence-electron chi connectivity index (χ1n) is 12.2. The van der Waals surface area contributed by atoms with E-state index in [0.717, 1.165) is 30.6 Å². The van der Waals surface area contributed by atoms with E-state index in [4.69, 9.17) is 4.74 Å². The molecule has 0 N–H and O–H groups in total. The van der Waals surface area contributed by atoms with E-state index in [2.05, 4.69) is 22.0 Å². The molecule has 1 aliphatic heterocycles. The first-order valence-corrected chi connectivity index (χ1v) is 12.2. The fourth-order valence-corrected chi connectivity index (χ4v) is 3.88. The number of aliphatic imine (C=N–C) groups is 1. The first kappa shape index (κ1) is 26.4. The van der Waals surface area contributed by atoms with E-state index in [1.807, 2.05) is 77.3 Å². The summed E-state index contributed by atoms with van der Waals surface area (Å²) in [5.41, 5.74) is 2.73. The third-order valence-electron chi connectivity index (χ3n) is 5.83. The number of benzene rings is 2. The zero-order valence-corrected chi connectivity index (χ0v) is 21.7. The zero-order chi connectivity index (χ0) is 25.4. The SMILES string of the molecule is CN(CCC(=O)N(C)CCc1ccc(C2=NCCN2C(=O)OC(C)(C)C)cc1)Cc1ccccc1. The predicted molar refractivity (Wildman–Crippen MR) is 140 cm³/mol. The van der Waals surface area contributed by atoms with Crippen molar-refractivity contribution in [3.63, 3.8) is 0 Å². The van der Waals surface area contributed by atoms with Crippen LogP contribution >= 0.6 is 0 Å². The molecule has 0 bridgehead atoms. The largest absolute Gasteiger partial charge is 0.443 e. The number of hydrogen-bond acceptors (Lipinski definition) is 5. The maximum atomic E-state index is 12.6. The van der Waals surface area contributed by atoms with Crippen molar-refractivity contribution in [2.75, 3.05) is 40.3 Å². The Morgan fingerprint density at radius 3 is 2.31 bits per heavy atom. The predicted octanol–water partition coefficient (Wildman–Crippen LogP) is 4.21. The summed E-state index contributed by atoms with van der Waals surface area (Å²) in [7, 11) is 3.90. The van der Waals surface area contributed by atoms with Crippen LogP contribution in [0.1, 0.15) is 43.9 Å². The van der Waals surface area contributed by atoms with Crippen molar-refractivity contribution in [1.29, 1.82) is 0 Å². The summed E-state index contributed by atoms with van der Waals surface area (Å²) in [6.07, 6.45) is 0.899. The molecule has 2 aromatic rings. The number of ether oxygens (including phenoxy) is 1. The van der Waals surface area contributed by atoms with Gasteiger partial charge in [-0.2, -0.15) is 0 Å². The van der Waals surface area contributed by atoms with Crippen molar-refractivity contribution in [3.8, 4) is 0 Å². The van der Waals surface area contributed by atoms with Gasteiger partial charge in [-0.15, -0.1) is 0 Å². The monoisotopic (exact) mass is 478 g/mol. The lowest BCUT2D eigenvalue weighted by Crippen LogP contribution is -2.39. The molecule has 0 spiro atoms. The smallest absolute Gasteiger partial charge is 0.416 e. The van der Waals surface area contributed by atoms with Gasteiger partial charge in [0.15, 0.2) is 0 Å². The number of amidine groups is 1. The Morgan fingerprint density at radius 1 is 0.971 bits per heavy atom. The normalized spacial score (nSPS) is 13.7. The van der Waals surface area contributed by atoms with Gasteiger partial charge >= 0.3 is 6.09 Å². The third kappa shape index (κ3) is 8.21. The van der Waals surface area contributed by atoms with Gasteiger partial charge in [-0.25, -0.2) is 4.79 Å². The Labute approximate surface area is 209 Å². The van der Waals surface area contributed by atoms with Crippen molar-refractivity contribution in [2.24, 2.45) is 4.99 Å². The van der Waals surface area contributed by atoms with E-state index in [9.17, 15) is 9.59 Å². The van der Waals surface area contributed by atoms with Crippen molar-refractivity contribution in [2.45, 2.75) is 45.8 Å². The molecule has 7 heteroatoms. The number of hydrogen-bond donors (Lipinski definition) is 0. The Bertz CT molecular complexity index is 1010. The fourth-order valence-electron chi connectivity index (χ4n) is 3.88. The topological polar surface area (TPSA) is 65.5 Å². The molecule has 0 unspecified atom stereocenters. The molecule has 35 heavy (non-hydrogen) atoms. The maximum Gasteiger partial charge on any atom is 0.416 e. The molecule has 3 rings (SSSR count). The fraction of sp³-hybridized carbons (Fsp3) is 0.464. The van der Waals surface area contributed by atoms with Crippen molar-refractivity contribution in [3.05, 3.63) is 71.3 Å². The Hall–Kier alpha value is -3.19. The number of carbonyl (C=O) groups is 2. The molecule has 1 heterocycles. The Kier molecular flexibility index (Phi) is 9.04. The van der Waals surface area contributed by atoms with E-state index in [0.29, 0.717) is 31.9 Å². The van der Waals surface area contributed by atoms with E-state index >= 15 is 0 Å². The Morgan fingerprint density at radius 2 is 1.66 bits per heavy atom. The highest BCUT2D eigenvalue weighted by Gasteiger charge is 2.29. The number of amides is 2. The van der Waals surface area contributed by atoms with Gasteiger partial charge in [0.2, 0.25) is 5.91 Å². The third-order valence-corrected chi connectivity index (χ3v) is 5.83. The standard InChI is InChI=1S/C28H38N4O3/c1-28(2,3)35-27(34)32-20-17-29-26(32)24-13-11-22(12-14-24)15-19-31(5)25(33)16-18-30(4)21-23-9-7-6-8-10-23/h6-14H,15-21H2,1-5H3. The van der Waals surface area contributed by atoms with Crippen LogP contribution in [0.25, 0.3) is 0 Å². The van der Waals surface area contributed by atoms with Gasteiger partial charge in [-0.3, -0.25) is 14.7 Å². The molecule has 0 aromatic heterocycles. The average Bonchev–Trinajstić information content (AvgIpc) is 3.31. The van der Waals surface area contributed by atoms with Crippen LogP contribution in [0, 0.1) is 0 Å². The van der Waals surface area contributed by atoms with E-state index < -0.39 is 5.60 Å². The summed E-state index contributed by atoms with van der Waals surface area (Å²) in [6, 6.07) is 18.3. The highest BCUT2D eigenvalue weighted by atomic mass is 16.6. The number of likely N-dealkylation sites (N-methyl/N-ethyl adjacent to an activating group) is 1. The summed E-state index contributed by atoms with van der Waals surface area (Å²) in [4.78, 5) is 35.2. The quantitative estimate of drug-likeness (QED) is 0.542. The minimum atomic E-state index is -0.546. The second kappa shape index (κ2) is 12.0. The van der Waals surface area contributed by atoms with Crippen LogP contribution < -0.4 is 0 Å². The van der Waals surface area contributed by atoms with Gasteiger partial charge in [0.1, 0.15) is 11.4 Å². The molecular formula is C28H38N4O3. The minimum absolute atomic E-state index is 0.148. The lowest BCUT2D eigenvalue weighted by Gasteiger charge is -2.25. The highest BCUT2D eigenvalue weighted by molar-refractivity contribution is 6.07. The highest BCUT2D eigenvalue weighted by Crippen LogP contribution is 2.17. The number of nitrogens with zero attached hydrogens (tertiary/aromatic N) is 4. The van der Waals surface area contributed by atoms with Gasteiger partial charge in [0.25, 0.3) is 0 Å². The Balaban J connectivity index is 1.45. The van der Waals surface area contributed by atoms with Crippen LogP contribution in [0.3, 0.4) is 0 Å². The van der Waals surface area contributed by atoms with Gasteiger partial charge in [0.05, 0.1) is 13.1 Å². The summed E-state index contributed by atoms with van der Waals surface area (Å²) in [5.74, 6) is 0.799. The van der Waals surface area contributed by atoms with Crippen molar-refractivity contribution in [1.82, 2.24) is 14.7 Å². The molecule has 188 valence electrons. The molecule has 0 aliphatic carbocycles. The second-order valence-corrected chi connectivity index (χ2v) is 10.1. The van der Waals surface area contributed by atoms with Gasteiger partial charge in [-0.05, 0) is 45.4 Å². The molecule has 0 saturated heterocycles. The molecule has 1 aliphatic rings. The van der Waals surface area contributed by atoms with Gasteiger partial charge in [-0.1, -0.05) is 54.6 Å². The van der Waals surface area contributed by atoms with Gasteiger partial charge in [0, 0.05) is 38.7 Å². The maximum absolute atomic E-state index is 12.6. The van der Waals surface area contributed by atoms with Gasteiger partial charge < -0.3 is 14.5 Å². The van der Waals surface area contributed by atoms with Crippen LogP contribution in [0.4, 0.5) is 4.79 Å². The zero-order valence-electron chi connectivity index (χ0n) is 21.7. The summed E-state index contributed by atoms with van der Waals surface area (Å²) >= 11 is 0.